The van der Waals surface area contributed by atoms with Crippen LogP contribution in [0.25, 0.3) is 0 Å². The molecule has 4 aromatic carbocycles. The molecule has 4 aliphatic carbocycles. The van der Waals surface area contributed by atoms with Gasteiger partial charge in [0.05, 0.1) is 38.2 Å². The molecule has 4 aromatic rings. The topological polar surface area (TPSA) is 158 Å². The molecule has 2 amide bonds. The van der Waals surface area contributed by atoms with Crippen molar-refractivity contribution in [2.24, 2.45) is 23.7 Å². The van der Waals surface area contributed by atoms with Crippen molar-refractivity contribution in [1.29, 1.82) is 0 Å². The molecule has 4 bridgehead atoms. The quantitative estimate of drug-likeness (QED) is 0.0768. The van der Waals surface area contributed by atoms with E-state index in [0.717, 1.165) is 80.3 Å². The van der Waals surface area contributed by atoms with Gasteiger partial charge in [-0.3, -0.25) is 19.4 Å². The molecule has 4 fully saturated rings. The van der Waals surface area contributed by atoms with Gasteiger partial charge in [0, 0.05) is 49.1 Å². The Morgan fingerprint density at radius 1 is 0.643 bits per heavy atom. The van der Waals surface area contributed by atoms with Crippen LogP contribution in [-0.4, -0.2) is 109 Å². The minimum Gasteiger partial charge on any atom is -0.508 e. The Bertz CT molecular complexity index is 2540. The molecule has 12 nitrogen and oxygen atoms in total. The second-order valence-corrected chi connectivity index (χ2v) is 21.4. The summed E-state index contributed by atoms with van der Waals surface area (Å²) in [7, 11) is 3.10. The van der Waals surface area contributed by atoms with Gasteiger partial charge in [-0.1, -0.05) is 50.2 Å². The Kier molecular flexibility index (Phi) is 14.7. The number of rotatable bonds is 17. The third-order valence-electron chi connectivity index (χ3n) is 17.3. The highest BCUT2D eigenvalue weighted by atomic mass is 16.5. The molecule has 0 radical (unpaired) electrons. The Morgan fingerprint density at radius 3 is 1.57 bits per heavy atom. The first-order valence-corrected chi connectivity index (χ1v) is 25.8. The van der Waals surface area contributed by atoms with Crippen LogP contribution in [-0.2, 0) is 50.8 Å². The lowest BCUT2D eigenvalue weighted by atomic mass is 9.56. The van der Waals surface area contributed by atoms with Crippen LogP contribution in [0, 0.1) is 23.7 Å². The lowest BCUT2D eigenvalue weighted by Gasteiger charge is -2.56. The van der Waals surface area contributed by atoms with Gasteiger partial charge in [-0.05, 0) is 183 Å². The molecule has 6 atom stereocenters. The number of amides is 2. The first-order valence-electron chi connectivity index (χ1n) is 25.8. The number of aromatic carboxylic acids is 1. The average Bonchev–Trinajstić information content (AvgIpc) is 4.31. The number of carbonyl (C=O) groups is 4. The number of aromatic hydroxyl groups is 1. The summed E-state index contributed by atoms with van der Waals surface area (Å²) in [4.78, 5) is 53.5. The van der Waals surface area contributed by atoms with Crippen molar-refractivity contribution in [3.63, 3.8) is 0 Å². The molecule has 6 aliphatic rings. The molecule has 2 saturated heterocycles. The lowest BCUT2D eigenvalue weighted by Crippen LogP contribution is -2.60. The number of nitrogens with zero attached hydrogens (tertiary/aromatic N) is 2. The number of nitrogens with one attached hydrogen (secondary N) is 2. The SMILES string of the molecule is COC(=O)c1ccc(CC(=O)NCC[C@]23CCN(CC4CC4)[C@H](Cc4ccc(OC)cc42)[C@@H]3C)cc1.C[C@H]1[C@H]2Cc3ccc(O)cc3[C@]1(CCNC(=O)Cc1ccc(C(=O)O)cc1)CCN2CC1CC1. The van der Waals surface area contributed by atoms with Gasteiger partial charge in [-0.2, -0.15) is 0 Å². The van der Waals surface area contributed by atoms with Crippen molar-refractivity contribution in [1.82, 2.24) is 20.4 Å². The van der Waals surface area contributed by atoms with E-state index in [-0.39, 0.29) is 40.6 Å². The van der Waals surface area contributed by atoms with E-state index in [1.807, 2.05) is 18.2 Å². The fourth-order valence-corrected chi connectivity index (χ4v) is 12.9. The molecule has 4 N–H and O–H groups in total. The lowest BCUT2D eigenvalue weighted by molar-refractivity contribution is -0.121. The molecule has 0 aromatic heterocycles. The monoisotopic (exact) mass is 953 g/mol. The van der Waals surface area contributed by atoms with Crippen molar-refractivity contribution in [2.75, 3.05) is 53.5 Å². The summed E-state index contributed by atoms with van der Waals surface area (Å²) in [5.41, 5.74) is 7.86. The number of piperidine rings is 2. The number of benzene rings is 4. The number of carboxylic acids is 1. The van der Waals surface area contributed by atoms with Crippen LogP contribution >= 0.6 is 0 Å². The van der Waals surface area contributed by atoms with Crippen molar-refractivity contribution < 1.29 is 38.9 Å². The number of phenols is 1. The van der Waals surface area contributed by atoms with Crippen LogP contribution in [0.3, 0.4) is 0 Å². The van der Waals surface area contributed by atoms with Crippen molar-refractivity contribution in [3.8, 4) is 11.5 Å². The van der Waals surface area contributed by atoms with E-state index < -0.39 is 5.97 Å². The smallest absolute Gasteiger partial charge is 0.337 e. The van der Waals surface area contributed by atoms with Crippen molar-refractivity contribution in [3.05, 3.63) is 129 Å². The average molecular weight is 953 g/mol. The van der Waals surface area contributed by atoms with Crippen LogP contribution in [0.5, 0.6) is 11.5 Å². The Balaban J connectivity index is 0.000000174. The first kappa shape index (κ1) is 49.3. The van der Waals surface area contributed by atoms with E-state index in [1.54, 1.807) is 37.4 Å². The first-order chi connectivity index (χ1) is 33.8. The summed E-state index contributed by atoms with van der Waals surface area (Å²) in [5.74, 6) is 2.58. The normalized spacial score (nSPS) is 25.5. The number of hydrogen-bond acceptors (Lipinski definition) is 9. The van der Waals surface area contributed by atoms with Crippen LogP contribution < -0.4 is 15.4 Å². The molecule has 0 unspecified atom stereocenters. The van der Waals surface area contributed by atoms with E-state index in [9.17, 15) is 24.3 Å². The minimum atomic E-state index is -0.968. The molecule has 12 heteroatoms. The van der Waals surface area contributed by atoms with E-state index in [4.69, 9.17) is 14.6 Å². The summed E-state index contributed by atoms with van der Waals surface area (Å²) in [5, 5.41) is 25.6. The Labute approximate surface area is 413 Å². The third kappa shape index (κ3) is 10.6. The zero-order chi connectivity index (χ0) is 49.2. The molecule has 2 heterocycles. The summed E-state index contributed by atoms with van der Waals surface area (Å²) in [6.07, 6.45) is 12.1. The van der Waals surface area contributed by atoms with Crippen LogP contribution in [0.2, 0.25) is 0 Å². The highest BCUT2D eigenvalue weighted by Crippen LogP contribution is 2.54. The van der Waals surface area contributed by atoms with Gasteiger partial charge in [0.25, 0.3) is 0 Å². The van der Waals surface area contributed by atoms with Crippen LogP contribution in [0.15, 0.2) is 84.9 Å². The molecular weight excluding hydrogens is 881 g/mol. The van der Waals surface area contributed by atoms with Crippen LogP contribution in [0.1, 0.15) is 119 Å². The standard InChI is InChI=1S/C30H38N2O4.C28H34N2O4/c1-20-27-17-24-10-11-25(35-2)18-26(24)30(20,13-15-32(27)19-22-4-5-22)12-14-31-28(33)16-21-6-8-23(9-7-21)29(34)36-3;1-18-25-15-22-8-9-23(31)16-24(22)28(18,11-13-30(25)17-20-2-3-20)10-12-29-26(32)14-19-4-6-21(7-5-19)27(33)34/h6-11,18,20,22,27H,4-5,12-17,19H2,1-3H3,(H,31,33);4-9,16,18,20,25,31H,2-3,10-15,17H2,1H3,(H,29,32)(H,33,34)/t20-,27+,30+;18-,25+,28+/m00/s1. The maximum absolute atomic E-state index is 12.8. The Morgan fingerprint density at radius 2 is 1.11 bits per heavy atom. The van der Waals surface area contributed by atoms with E-state index in [1.165, 1.54) is 80.3 Å². The number of fused-ring (bicyclic) bond motifs is 8. The summed E-state index contributed by atoms with van der Waals surface area (Å²) < 4.78 is 10.4. The number of carbonyl (C=O) groups excluding carboxylic acids is 3. The van der Waals surface area contributed by atoms with Gasteiger partial charge in [0.15, 0.2) is 0 Å². The second kappa shape index (κ2) is 20.9. The number of likely N-dealkylation sites (tertiary alicyclic amines) is 2. The van der Waals surface area contributed by atoms with Gasteiger partial charge in [-0.15, -0.1) is 0 Å². The van der Waals surface area contributed by atoms with E-state index in [2.05, 4.69) is 58.5 Å². The van der Waals surface area contributed by atoms with Crippen LogP contribution in [0.4, 0.5) is 0 Å². The molecule has 10 rings (SSSR count). The van der Waals surface area contributed by atoms with Gasteiger partial charge < -0.3 is 30.3 Å². The molecule has 2 aliphatic heterocycles. The number of ether oxygens (including phenoxy) is 2. The van der Waals surface area contributed by atoms with Gasteiger partial charge in [-0.25, -0.2) is 9.59 Å². The Hall–Kier alpha value is -5.72. The molecule has 70 heavy (non-hydrogen) atoms. The molecule has 372 valence electrons. The summed E-state index contributed by atoms with van der Waals surface area (Å²) in [6, 6.07) is 27.1. The number of esters is 1. The molecular formula is C58H72N4O8. The molecule has 2 saturated carbocycles. The van der Waals surface area contributed by atoms with E-state index >= 15 is 0 Å². The van der Waals surface area contributed by atoms with Gasteiger partial charge >= 0.3 is 11.9 Å². The van der Waals surface area contributed by atoms with Crippen molar-refractivity contribution in [2.45, 2.75) is 114 Å². The zero-order valence-corrected chi connectivity index (χ0v) is 41.5. The van der Waals surface area contributed by atoms with E-state index in [0.29, 0.717) is 54.7 Å². The van der Waals surface area contributed by atoms with Gasteiger partial charge in [0.2, 0.25) is 11.8 Å². The third-order valence-corrected chi connectivity index (χ3v) is 17.3. The predicted octanol–water partition coefficient (Wildman–Crippen LogP) is 7.90. The number of phenolic OH excluding ortho intramolecular Hbond substituents is 1. The largest absolute Gasteiger partial charge is 0.508 e. The maximum Gasteiger partial charge on any atom is 0.337 e. The number of carboxylic acid groups (broad SMARTS) is 1. The molecule has 0 spiro atoms. The predicted molar refractivity (Wildman–Crippen MR) is 269 cm³/mol. The van der Waals surface area contributed by atoms with Crippen molar-refractivity contribution >= 4 is 23.8 Å². The minimum absolute atomic E-state index is 0.00858. The number of hydrogen-bond donors (Lipinski definition) is 4. The number of methoxy groups -OCH3 is 2. The summed E-state index contributed by atoms with van der Waals surface area (Å²) >= 11 is 0. The van der Waals surface area contributed by atoms with Gasteiger partial charge in [0.1, 0.15) is 11.5 Å². The fourth-order valence-electron chi connectivity index (χ4n) is 12.9. The fraction of sp³-hybridized carbons (Fsp3) is 0.517. The highest BCUT2D eigenvalue weighted by Gasteiger charge is 2.53. The zero-order valence-electron chi connectivity index (χ0n) is 41.5. The summed E-state index contributed by atoms with van der Waals surface area (Å²) in [6.45, 7) is 10.7. The maximum atomic E-state index is 12.8. The second-order valence-electron chi connectivity index (χ2n) is 21.4. The highest BCUT2D eigenvalue weighted by molar-refractivity contribution is 5.89.